The van der Waals surface area contributed by atoms with Gasteiger partial charge < -0.3 is 19.7 Å². The zero-order valence-corrected chi connectivity index (χ0v) is 17.9. The van der Waals surface area contributed by atoms with Crippen molar-refractivity contribution < 1.29 is 28.8 Å². The molecule has 0 bridgehead atoms. The van der Waals surface area contributed by atoms with Gasteiger partial charge in [0.15, 0.2) is 6.61 Å². The lowest BCUT2D eigenvalue weighted by molar-refractivity contribution is -0.384. The molecule has 0 saturated carbocycles. The number of nitro benzene ring substituents is 1. The molecule has 0 radical (unpaired) electrons. The molecule has 0 aromatic heterocycles. The van der Waals surface area contributed by atoms with Crippen LogP contribution in [-0.4, -0.2) is 43.0 Å². The van der Waals surface area contributed by atoms with Gasteiger partial charge in [0.25, 0.3) is 11.6 Å². The fraction of sp³-hybridized carbons (Fsp3) is 0.318. The SMILES string of the molecule is COc1cc([N+](=O)[O-])ccc1N1C[C@@H](C(=O)OCC(=O)Nc2ccc(C)c(C)c2)CC1=O. The number of carbonyl (C=O) groups is 3. The van der Waals surface area contributed by atoms with Gasteiger partial charge in [-0.15, -0.1) is 0 Å². The van der Waals surface area contributed by atoms with Crippen molar-refractivity contribution in [1.82, 2.24) is 0 Å². The van der Waals surface area contributed by atoms with E-state index in [-0.39, 0.29) is 30.3 Å². The number of hydrogen-bond donors (Lipinski definition) is 1. The number of rotatable bonds is 7. The van der Waals surface area contributed by atoms with E-state index in [2.05, 4.69) is 5.32 Å². The van der Waals surface area contributed by atoms with Crippen molar-refractivity contribution in [3.8, 4) is 5.75 Å². The number of non-ortho nitro benzene ring substituents is 1. The Morgan fingerprint density at radius 2 is 1.94 bits per heavy atom. The maximum absolute atomic E-state index is 12.5. The fourth-order valence-corrected chi connectivity index (χ4v) is 3.37. The van der Waals surface area contributed by atoms with Crippen LogP contribution < -0.4 is 15.0 Å². The summed E-state index contributed by atoms with van der Waals surface area (Å²) in [6.45, 7) is 3.43. The van der Waals surface area contributed by atoms with Crippen LogP contribution in [0.1, 0.15) is 17.5 Å². The molecule has 1 aliphatic heterocycles. The summed E-state index contributed by atoms with van der Waals surface area (Å²) in [5, 5.41) is 13.6. The summed E-state index contributed by atoms with van der Waals surface area (Å²) in [5.41, 5.74) is 2.86. The van der Waals surface area contributed by atoms with Gasteiger partial charge in [-0.25, -0.2) is 0 Å². The Bertz CT molecular complexity index is 1080. The molecule has 1 atom stereocenters. The van der Waals surface area contributed by atoms with E-state index in [0.717, 1.165) is 11.1 Å². The van der Waals surface area contributed by atoms with Crippen LogP contribution in [0.25, 0.3) is 0 Å². The number of nitrogens with one attached hydrogen (secondary N) is 1. The number of nitro groups is 1. The standard InChI is InChI=1S/C22H23N3O7/c1-13-4-5-16(8-14(13)2)23-20(26)12-32-22(28)15-9-21(27)24(11-15)18-7-6-17(25(29)30)10-19(18)31-3/h4-8,10,15H,9,11-12H2,1-3H3,(H,23,26)/t15-/m0/s1. The van der Waals surface area contributed by atoms with Crippen LogP contribution in [0.2, 0.25) is 0 Å². The summed E-state index contributed by atoms with van der Waals surface area (Å²) in [4.78, 5) is 48.7. The lowest BCUT2D eigenvalue weighted by atomic mass is 10.1. The molecule has 168 valence electrons. The molecule has 10 heteroatoms. The second-order valence-electron chi connectivity index (χ2n) is 7.47. The van der Waals surface area contributed by atoms with E-state index in [4.69, 9.17) is 9.47 Å². The van der Waals surface area contributed by atoms with E-state index in [1.165, 1.54) is 30.2 Å². The minimum atomic E-state index is -0.767. The first-order chi connectivity index (χ1) is 15.2. The van der Waals surface area contributed by atoms with Gasteiger partial charge in [0.2, 0.25) is 5.91 Å². The van der Waals surface area contributed by atoms with E-state index in [1.807, 2.05) is 26.0 Å². The second kappa shape index (κ2) is 9.46. The zero-order chi connectivity index (χ0) is 23.4. The van der Waals surface area contributed by atoms with Crippen molar-refractivity contribution in [1.29, 1.82) is 0 Å². The Balaban J connectivity index is 1.59. The number of aryl methyl sites for hydroxylation is 2. The Morgan fingerprint density at radius 3 is 2.59 bits per heavy atom. The third-order valence-corrected chi connectivity index (χ3v) is 5.26. The van der Waals surface area contributed by atoms with Gasteiger partial charge in [0, 0.05) is 24.7 Å². The molecular formula is C22H23N3O7. The normalized spacial score (nSPS) is 15.4. The maximum atomic E-state index is 12.5. The van der Waals surface area contributed by atoms with Gasteiger partial charge in [-0.05, 0) is 43.2 Å². The highest BCUT2D eigenvalue weighted by atomic mass is 16.6. The average Bonchev–Trinajstić information content (AvgIpc) is 3.15. The van der Waals surface area contributed by atoms with Crippen molar-refractivity contribution in [3.63, 3.8) is 0 Å². The molecule has 0 spiro atoms. The van der Waals surface area contributed by atoms with E-state index in [9.17, 15) is 24.5 Å². The number of methoxy groups -OCH3 is 1. The van der Waals surface area contributed by atoms with Crippen LogP contribution in [0, 0.1) is 29.9 Å². The fourth-order valence-electron chi connectivity index (χ4n) is 3.37. The first kappa shape index (κ1) is 22.7. The summed E-state index contributed by atoms with van der Waals surface area (Å²) >= 11 is 0. The van der Waals surface area contributed by atoms with Gasteiger partial charge in [0.1, 0.15) is 5.75 Å². The van der Waals surface area contributed by atoms with Gasteiger partial charge in [-0.2, -0.15) is 0 Å². The van der Waals surface area contributed by atoms with E-state index in [0.29, 0.717) is 11.4 Å². The minimum Gasteiger partial charge on any atom is -0.494 e. The van der Waals surface area contributed by atoms with Crippen molar-refractivity contribution in [2.75, 3.05) is 30.5 Å². The minimum absolute atomic E-state index is 0.0185. The van der Waals surface area contributed by atoms with Crippen molar-refractivity contribution >= 4 is 34.8 Å². The quantitative estimate of drug-likeness (QED) is 0.397. The van der Waals surface area contributed by atoms with E-state index in [1.54, 1.807) is 6.07 Å². The third kappa shape index (κ3) is 5.02. The van der Waals surface area contributed by atoms with Crippen molar-refractivity contribution in [2.45, 2.75) is 20.3 Å². The summed E-state index contributed by atoms with van der Waals surface area (Å²) in [6, 6.07) is 9.33. The number of hydrogen-bond acceptors (Lipinski definition) is 7. The highest BCUT2D eigenvalue weighted by Gasteiger charge is 2.37. The van der Waals surface area contributed by atoms with Gasteiger partial charge in [-0.3, -0.25) is 24.5 Å². The van der Waals surface area contributed by atoms with Gasteiger partial charge >= 0.3 is 5.97 Å². The van der Waals surface area contributed by atoms with Crippen LogP contribution in [0.3, 0.4) is 0 Å². The molecular weight excluding hydrogens is 418 g/mol. The van der Waals surface area contributed by atoms with Crippen LogP contribution >= 0.6 is 0 Å². The average molecular weight is 441 g/mol. The number of esters is 1. The summed E-state index contributed by atoms with van der Waals surface area (Å²) in [5.74, 6) is -2.12. The lowest BCUT2D eigenvalue weighted by Gasteiger charge is -2.19. The first-order valence-corrected chi connectivity index (χ1v) is 9.86. The Morgan fingerprint density at radius 1 is 1.19 bits per heavy atom. The Hall–Kier alpha value is -3.95. The van der Waals surface area contributed by atoms with Gasteiger partial charge in [-0.1, -0.05) is 6.07 Å². The predicted octanol–water partition coefficient (Wildman–Crippen LogP) is 2.76. The van der Waals surface area contributed by atoms with Gasteiger partial charge in [0.05, 0.1) is 29.7 Å². The molecule has 3 rings (SSSR count). The largest absolute Gasteiger partial charge is 0.494 e. The molecule has 0 aliphatic carbocycles. The van der Waals surface area contributed by atoms with Crippen molar-refractivity contribution in [2.24, 2.45) is 5.92 Å². The highest BCUT2D eigenvalue weighted by molar-refractivity contribution is 6.01. The lowest BCUT2D eigenvalue weighted by Crippen LogP contribution is -2.28. The highest BCUT2D eigenvalue weighted by Crippen LogP contribution is 2.36. The number of amides is 2. The van der Waals surface area contributed by atoms with Crippen LogP contribution in [-0.2, 0) is 19.1 Å². The molecule has 1 heterocycles. The van der Waals surface area contributed by atoms with E-state index < -0.39 is 29.3 Å². The molecule has 2 aromatic carbocycles. The number of ether oxygens (including phenoxy) is 2. The number of carbonyl (C=O) groups excluding carboxylic acids is 3. The Labute approximate surface area is 184 Å². The first-order valence-electron chi connectivity index (χ1n) is 9.86. The van der Waals surface area contributed by atoms with Crippen molar-refractivity contribution in [3.05, 3.63) is 57.6 Å². The summed E-state index contributed by atoms with van der Waals surface area (Å²) in [6.07, 6.45) is -0.0995. The maximum Gasteiger partial charge on any atom is 0.311 e. The Kier molecular flexibility index (Phi) is 6.72. The second-order valence-corrected chi connectivity index (χ2v) is 7.47. The predicted molar refractivity (Wildman–Crippen MR) is 116 cm³/mol. The van der Waals surface area contributed by atoms with Crippen LogP contribution in [0.15, 0.2) is 36.4 Å². The summed E-state index contributed by atoms with van der Waals surface area (Å²) in [7, 11) is 1.34. The molecule has 0 unspecified atom stereocenters. The number of nitrogens with zero attached hydrogens (tertiary/aromatic N) is 2. The third-order valence-electron chi connectivity index (χ3n) is 5.26. The number of anilines is 2. The van der Waals surface area contributed by atoms with E-state index >= 15 is 0 Å². The number of benzene rings is 2. The monoisotopic (exact) mass is 441 g/mol. The molecule has 1 saturated heterocycles. The molecule has 1 fully saturated rings. The van der Waals surface area contributed by atoms with Crippen LogP contribution in [0.5, 0.6) is 5.75 Å². The molecule has 1 N–H and O–H groups in total. The molecule has 2 amide bonds. The summed E-state index contributed by atoms with van der Waals surface area (Å²) < 4.78 is 10.3. The molecule has 2 aromatic rings. The topological polar surface area (TPSA) is 128 Å². The zero-order valence-electron chi connectivity index (χ0n) is 17.9. The molecule has 1 aliphatic rings. The molecule has 32 heavy (non-hydrogen) atoms. The smallest absolute Gasteiger partial charge is 0.311 e. The molecule has 10 nitrogen and oxygen atoms in total. The van der Waals surface area contributed by atoms with Crippen LogP contribution in [0.4, 0.5) is 17.1 Å².